The fourth-order valence-corrected chi connectivity index (χ4v) is 2.06. The van der Waals surface area contributed by atoms with Gasteiger partial charge in [-0.15, -0.1) is 0 Å². The van der Waals surface area contributed by atoms with E-state index in [0.717, 1.165) is 13.0 Å². The molecule has 0 unspecified atom stereocenters. The van der Waals surface area contributed by atoms with Crippen LogP contribution >= 0.6 is 11.6 Å². The summed E-state index contributed by atoms with van der Waals surface area (Å²) < 4.78 is 4.71. The second kappa shape index (κ2) is 4.65. The molecule has 1 fully saturated rings. The Bertz CT molecular complexity index is 399. The van der Waals surface area contributed by atoms with Crippen molar-refractivity contribution >= 4 is 23.4 Å². The van der Waals surface area contributed by atoms with Gasteiger partial charge in [-0.3, -0.25) is 4.79 Å². The molecule has 0 aliphatic carbocycles. The Balaban J connectivity index is 2.09. The van der Waals surface area contributed by atoms with E-state index >= 15 is 0 Å². The quantitative estimate of drug-likeness (QED) is 0.727. The highest BCUT2D eigenvalue weighted by Crippen LogP contribution is 2.26. The van der Waals surface area contributed by atoms with Crippen molar-refractivity contribution in [1.82, 2.24) is 9.97 Å². The number of halogens is 1. The van der Waals surface area contributed by atoms with Gasteiger partial charge in [0.1, 0.15) is 0 Å². The van der Waals surface area contributed by atoms with E-state index < -0.39 is 0 Å². The van der Waals surface area contributed by atoms with Gasteiger partial charge in [0.15, 0.2) is 11.0 Å². The second-order valence-electron chi connectivity index (χ2n) is 3.63. The Labute approximate surface area is 98.4 Å². The first-order valence-electron chi connectivity index (χ1n) is 5.01. The van der Waals surface area contributed by atoms with Gasteiger partial charge in [-0.05, 0) is 6.42 Å². The number of carbonyl (C=O) groups excluding carboxylic acids is 1. The number of carbonyl (C=O) groups is 1. The van der Waals surface area contributed by atoms with Crippen LogP contribution in [-0.4, -0.2) is 36.1 Å². The molecule has 1 aromatic rings. The number of nitrogens with zero attached hydrogens (tertiary/aromatic N) is 3. The summed E-state index contributed by atoms with van der Waals surface area (Å²) in [5.74, 6) is 0.362. The van der Waals surface area contributed by atoms with Crippen LogP contribution in [0.2, 0.25) is 5.15 Å². The second-order valence-corrected chi connectivity index (χ2v) is 3.98. The van der Waals surface area contributed by atoms with Crippen LogP contribution in [0.3, 0.4) is 0 Å². The van der Waals surface area contributed by atoms with Gasteiger partial charge in [0.05, 0.1) is 13.0 Å². The van der Waals surface area contributed by atoms with Gasteiger partial charge >= 0.3 is 5.97 Å². The van der Waals surface area contributed by atoms with Gasteiger partial charge in [0.25, 0.3) is 0 Å². The molecule has 0 aromatic carbocycles. The normalized spacial score (nSPS) is 19.9. The summed E-state index contributed by atoms with van der Waals surface area (Å²) in [6, 6.07) is 0. The van der Waals surface area contributed by atoms with Crippen LogP contribution in [0, 0.1) is 5.92 Å². The molecule has 1 aliphatic heterocycles. The van der Waals surface area contributed by atoms with E-state index in [-0.39, 0.29) is 11.9 Å². The molecule has 0 N–H and O–H groups in total. The molecule has 6 heteroatoms. The van der Waals surface area contributed by atoms with Crippen molar-refractivity contribution in [2.24, 2.45) is 5.92 Å². The molecule has 0 spiro atoms. The van der Waals surface area contributed by atoms with Crippen LogP contribution in [0.25, 0.3) is 0 Å². The Morgan fingerprint density at radius 3 is 3.00 bits per heavy atom. The van der Waals surface area contributed by atoms with E-state index in [4.69, 9.17) is 16.3 Å². The van der Waals surface area contributed by atoms with Crippen molar-refractivity contribution < 1.29 is 9.53 Å². The average molecular weight is 242 g/mol. The molecule has 1 aromatic heterocycles. The van der Waals surface area contributed by atoms with Gasteiger partial charge in [-0.1, -0.05) is 11.6 Å². The van der Waals surface area contributed by atoms with Gasteiger partial charge in [-0.25, -0.2) is 9.97 Å². The molecule has 0 radical (unpaired) electrons. The summed E-state index contributed by atoms with van der Waals surface area (Å²) in [7, 11) is 1.40. The minimum atomic E-state index is -0.178. The third-order valence-corrected chi connectivity index (χ3v) is 2.92. The van der Waals surface area contributed by atoms with Crippen molar-refractivity contribution in [2.45, 2.75) is 6.42 Å². The lowest BCUT2D eigenvalue weighted by Gasteiger charge is -2.17. The molecule has 0 saturated carbocycles. The average Bonchev–Trinajstić information content (AvgIpc) is 2.78. The van der Waals surface area contributed by atoms with E-state index in [1.807, 2.05) is 4.90 Å². The lowest BCUT2D eigenvalue weighted by molar-refractivity contribution is -0.144. The molecule has 86 valence electrons. The minimum Gasteiger partial charge on any atom is -0.469 e. The highest BCUT2D eigenvalue weighted by molar-refractivity contribution is 6.31. The summed E-state index contributed by atoms with van der Waals surface area (Å²) in [6.45, 7) is 1.34. The fourth-order valence-electron chi connectivity index (χ4n) is 1.84. The number of hydrogen-bond acceptors (Lipinski definition) is 5. The van der Waals surface area contributed by atoms with Crippen LogP contribution in [0.1, 0.15) is 6.42 Å². The summed E-state index contributed by atoms with van der Waals surface area (Å²) in [5, 5.41) is 0.369. The van der Waals surface area contributed by atoms with E-state index in [2.05, 4.69) is 9.97 Å². The molecule has 1 atom stereocenters. The van der Waals surface area contributed by atoms with Crippen molar-refractivity contribution in [1.29, 1.82) is 0 Å². The van der Waals surface area contributed by atoms with Crippen LogP contribution in [0.4, 0.5) is 5.82 Å². The minimum absolute atomic E-state index is 0.0944. The fraction of sp³-hybridized carbons (Fsp3) is 0.500. The molecule has 1 aliphatic rings. The zero-order valence-corrected chi connectivity index (χ0v) is 9.65. The van der Waals surface area contributed by atoms with Gasteiger partial charge in [-0.2, -0.15) is 0 Å². The Morgan fingerprint density at radius 2 is 2.31 bits per heavy atom. The molecular weight excluding hydrogens is 230 g/mol. The third-order valence-electron chi connectivity index (χ3n) is 2.66. The molecule has 2 rings (SSSR count). The number of ether oxygens (including phenoxy) is 1. The molecule has 1 saturated heterocycles. The molecule has 0 amide bonds. The predicted molar refractivity (Wildman–Crippen MR) is 59.4 cm³/mol. The first-order valence-corrected chi connectivity index (χ1v) is 5.39. The summed E-state index contributed by atoms with van der Waals surface area (Å²) >= 11 is 5.93. The third kappa shape index (κ3) is 2.09. The maximum atomic E-state index is 11.4. The van der Waals surface area contributed by atoms with E-state index in [1.165, 1.54) is 7.11 Å². The Morgan fingerprint density at radius 1 is 1.56 bits per heavy atom. The zero-order chi connectivity index (χ0) is 11.5. The standard InChI is InChI=1S/C10H12ClN3O2/c1-16-10(15)7-2-5-14(6-7)9-8(11)12-3-4-13-9/h3-4,7H,2,5-6H2,1H3/t7-/m0/s1. The monoisotopic (exact) mass is 241 g/mol. The lowest BCUT2D eigenvalue weighted by atomic mass is 10.1. The summed E-state index contributed by atoms with van der Waals surface area (Å²) in [4.78, 5) is 21.4. The first kappa shape index (κ1) is 11.1. The smallest absolute Gasteiger partial charge is 0.310 e. The largest absolute Gasteiger partial charge is 0.469 e. The van der Waals surface area contributed by atoms with E-state index in [0.29, 0.717) is 17.5 Å². The first-order chi connectivity index (χ1) is 7.72. The van der Waals surface area contributed by atoms with Crippen molar-refractivity contribution in [3.63, 3.8) is 0 Å². The molecule has 2 heterocycles. The van der Waals surface area contributed by atoms with Gasteiger partial charge in [0, 0.05) is 25.5 Å². The maximum absolute atomic E-state index is 11.4. The van der Waals surface area contributed by atoms with Gasteiger partial charge < -0.3 is 9.64 Å². The highest BCUT2D eigenvalue weighted by Gasteiger charge is 2.30. The van der Waals surface area contributed by atoms with Crippen molar-refractivity contribution in [3.05, 3.63) is 17.5 Å². The van der Waals surface area contributed by atoms with Gasteiger partial charge in [0.2, 0.25) is 0 Å². The SMILES string of the molecule is COC(=O)[C@H]1CCN(c2nccnc2Cl)C1. The highest BCUT2D eigenvalue weighted by atomic mass is 35.5. The number of anilines is 1. The number of aromatic nitrogens is 2. The summed E-state index contributed by atoms with van der Waals surface area (Å²) in [6.07, 6.45) is 3.89. The molecular formula is C10H12ClN3O2. The molecule has 0 bridgehead atoms. The number of esters is 1. The topological polar surface area (TPSA) is 55.3 Å². The maximum Gasteiger partial charge on any atom is 0.310 e. The lowest BCUT2D eigenvalue weighted by Crippen LogP contribution is -2.24. The van der Waals surface area contributed by atoms with Crippen LogP contribution < -0.4 is 4.90 Å². The predicted octanol–water partition coefficient (Wildman–Crippen LogP) is 1.13. The number of hydrogen-bond donors (Lipinski definition) is 0. The Kier molecular flexibility index (Phi) is 3.24. The number of methoxy groups -OCH3 is 1. The number of rotatable bonds is 2. The molecule has 16 heavy (non-hydrogen) atoms. The molecule has 5 nitrogen and oxygen atoms in total. The zero-order valence-electron chi connectivity index (χ0n) is 8.89. The van der Waals surface area contributed by atoms with Crippen molar-refractivity contribution in [3.8, 4) is 0 Å². The van der Waals surface area contributed by atoms with Crippen LogP contribution in [0.15, 0.2) is 12.4 Å². The van der Waals surface area contributed by atoms with E-state index in [9.17, 15) is 4.79 Å². The van der Waals surface area contributed by atoms with Crippen LogP contribution in [-0.2, 0) is 9.53 Å². The summed E-state index contributed by atoms with van der Waals surface area (Å²) in [5.41, 5.74) is 0. The van der Waals surface area contributed by atoms with Crippen molar-refractivity contribution in [2.75, 3.05) is 25.1 Å². The van der Waals surface area contributed by atoms with E-state index in [1.54, 1.807) is 12.4 Å². The van der Waals surface area contributed by atoms with Crippen LogP contribution in [0.5, 0.6) is 0 Å². The Hall–Kier alpha value is -1.36.